The molecule has 7 heteroatoms. The molecule has 166 valence electrons. The Hall–Kier alpha value is -2.44. The monoisotopic (exact) mass is 418 g/mol. The minimum Gasteiger partial charge on any atom is -0.504 e. The van der Waals surface area contributed by atoms with Gasteiger partial charge in [-0.15, -0.1) is 0 Å². The van der Waals surface area contributed by atoms with Gasteiger partial charge in [0.05, 0.1) is 7.11 Å². The summed E-state index contributed by atoms with van der Waals surface area (Å²) in [6.45, 7) is 1.83. The molecule has 1 heterocycles. The summed E-state index contributed by atoms with van der Waals surface area (Å²) in [5.41, 5.74) is 0.878. The van der Waals surface area contributed by atoms with E-state index in [1.165, 1.54) is 13.5 Å². The van der Waals surface area contributed by atoms with Crippen molar-refractivity contribution in [1.82, 2.24) is 10.2 Å². The summed E-state index contributed by atoms with van der Waals surface area (Å²) in [4.78, 5) is 26.4. The second-order valence-electron chi connectivity index (χ2n) is 8.40. The van der Waals surface area contributed by atoms with Crippen LogP contribution in [0, 0.1) is 5.92 Å². The number of carbonyl (C=O) groups excluding carboxylic acids is 2. The zero-order chi connectivity index (χ0) is 21.3. The first-order valence-corrected chi connectivity index (χ1v) is 11.1. The molecule has 2 fully saturated rings. The van der Waals surface area contributed by atoms with Crippen LogP contribution in [0.25, 0.3) is 0 Å². The zero-order valence-corrected chi connectivity index (χ0v) is 17.9. The fraction of sp³-hybridized carbons (Fsp3) is 0.652. The highest BCUT2D eigenvalue weighted by atomic mass is 16.6. The van der Waals surface area contributed by atoms with E-state index in [1.54, 1.807) is 18.2 Å². The molecule has 0 atom stereocenters. The van der Waals surface area contributed by atoms with E-state index in [2.05, 4.69) is 5.32 Å². The van der Waals surface area contributed by atoms with Crippen molar-refractivity contribution in [2.24, 2.45) is 5.92 Å². The van der Waals surface area contributed by atoms with E-state index in [0.717, 1.165) is 50.5 Å². The average Bonchev–Trinajstić information content (AvgIpc) is 2.78. The highest BCUT2D eigenvalue weighted by molar-refractivity contribution is 5.75. The molecule has 30 heavy (non-hydrogen) atoms. The molecule has 1 aromatic rings. The lowest BCUT2D eigenvalue weighted by Crippen LogP contribution is -2.40. The number of hydrogen-bond donors (Lipinski definition) is 2. The van der Waals surface area contributed by atoms with Crippen LogP contribution in [0.4, 0.5) is 4.79 Å². The number of aromatic hydroxyl groups is 1. The second kappa shape index (κ2) is 11.1. The summed E-state index contributed by atoms with van der Waals surface area (Å²) in [5, 5.41) is 12.6. The molecule has 2 N–H and O–H groups in total. The molecule has 0 bridgehead atoms. The number of phenolic OH excluding ortho intramolecular Hbond substituents is 1. The van der Waals surface area contributed by atoms with Gasteiger partial charge in [0.2, 0.25) is 5.91 Å². The summed E-state index contributed by atoms with van der Waals surface area (Å²) in [7, 11) is 1.50. The molecule has 1 saturated carbocycles. The molecular formula is C23H34N2O5. The lowest BCUT2D eigenvalue weighted by atomic mass is 9.92. The number of rotatable bonds is 7. The number of nitrogens with one attached hydrogen (secondary N) is 1. The standard InChI is InChI=1S/C23H34N2O5/c1-29-21-15-18(7-9-20(21)26)16-24-22(27)10-8-17-11-13-25(14-12-17)23(28)30-19-5-3-2-4-6-19/h7,9,15,17,19,26H,2-6,8,10-14,16H2,1H3,(H,24,27). The molecule has 3 rings (SSSR count). The van der Waals surface area contributed by atoms with E-state index in [-0.39, 0.29) is 23.9 Å². The summed E-state index contributed by atoms with van der Waals surface area (Å²) >= 11 is 0. The fourth-order valence-electron chi connectivity index (χ4n) is 4.26. The maximum absolute atomic E-state index is 12.3. The number of hydrogen-bond acceptors (Lipinski definition) is 5. The number of likely N-dealkylation sites (tertiary alicyclic amines) is 1. The molecule has 7 nitrogen and oxygen atoms in total. The quantitative estimate of drug-likeness (QED) is 0.699. The van der Waals surface area contributed by atoms with Gasteiger partial charge in [-0.1, -0.05) is 12.5 Å². The van der Waals surface area contributed by atoms with Crippen LogP contribution in [-0.2, 0) is 16.1 Å². The van der Waals surface area contributed by atoms with Crippen LogP contribution in [0.5, 0.6) is 11.5 Å². The van der Waals surface area contributed by atoms with Crippen LogP contribution in [0.15, 0.2) is 18.2 Å². The molecule has 0 radical (unpaired) electrons. The van der Waals surface area contributed by atoms with Gasteiger partial charge in [-0.25, -0.2) is 4.79 Å². The first-order chi connectivity index (χ1) is 14.5. The summed E-state index contributed by atoms with van der Waals surface area (Å²) in [6, 6.07) is 5.05. The molecule has 1 aliphatic heterocycles. The van der Waals surface area contributed by atoms with E-state index in [9.17, 15) is 14.7 Å². The van der Waals surface area contributed by atoms with Crippen LogP contribution in [-0.4, -0.2) is 48.3 Å². The lowest BCUT2D eigenvalue weighted by Gasteiger charge is -2.33. The van der Waals surface area contributed by atoms with Gasteiger partial charge in [0.25, 0.3) is 0 Å². The van der Waals surface area contributed by atoms with Crippen LogP contribution >= 0.6 is 0 Å². The van der Waals surface area contributed by atoms with Gasteiger partial charge in [-0.05, 0) is 68.6 Å². The third kappa shape index (κ3) is 6.54. The molecule has 0 spiro atoms. The SMILES string of the molecule is COc1cc(CNC(=O)CCC2CCN(C(=O)OC3CCCCC3)CC2)ccc1O. The Kier molecular flexibility index (Phi) is 8.22. The summed E-state index contributed by atoms with van der Waals surface area (Å²) < 4.78 is 10.7. The van der Waals surface area contributed by atoms with Crippen molar-refractivity contribution in [3.63, 3.8) is 0 Å². The first kappa shape index (κ1) is 22.2. The minimum atomic E-state index is -0.164. The van der Waals surface area contributed by atoms with E-state index < -0.39 is 0 Å². The lowest BCUT2D eigenvalue weighted by molar-refractivity contribution is -0.121. The van der Waals surface area contributed by atoms with E-state index in [1.807, 2.05) is 4.90 Å². The van der Waals surface area contributed by atoms with Crippen LogP contribution < -0.4 is 10.1 Å². The van der Waals surface area contributed by atoms with E-state index in [0.29, 0.717) is 37.7 Å². The van der Waals surface area contributed by atoms with Crippen molar-refractivity contribution in [3.05, 3.63) is 23.8 Å². The molecule has 1 aliphatic carbocycles. The van der Waals surface area contributed by atoms with E-state index >= 15 is 0 Å². The Balaban J connectivity index is 1.32. The van der Waals surface area contributed by atoms with Crippen LogP contribution in [0.2, 0.25) is 0 Å². The van der Waals surface area contributed by atoms with Gasteiger partial charge >= 0.3 is 6.09 Å². The van der Waals surface area contributed by atoms with Gasteiger partial charge < -0.3 is 24.8 Å². The molecular weight excluding hydrogens is 384 g/mol. The Morgan fingerprint density at radius 2 is 1.87 bits per heavy atom. The van der Waals surface area contributed by atoms with Gasteiger partial charge in [-0.3, -0.25) is 4.79 Å². The number of carbonyl (C=O) groups is 2. The minimum absolute atomic E-state index is 0.0150. The fourth-order valence-corrected chi connectivity index (χ4v) is 4.26. The largest absolute Gasteiger partial charge is 0.504 e. The second-order valence-corrected chi connectivity index (χ2v) is 8.40. The number of benzene rings is 1. The zero-order valence-electron chi connectivity index (χ0n) is 17.9. The summed E-state index contributed by atoms with van der Waals surface area (Å²) in [5.74, 6) is 0.960. The van der Waals surface area contributed by atoms with Crippen molar-refractivity contribution in [3.8, 4) is 11.5 Å². The predicted molar refractivity (Wildman–Crippen MR) is 113 cm³/mol. The molecule has 2 amide bonds. The van der Waals surface area contributed by atoms with Crippen molar-refractivity contribution in [2.75, 3.05) is 20.2 Å². The Morgan fingerprint density at radius 1 is 1.13 bits per heavy atom. The van der Waals surface area contributed by atoms with Crippen molar-refractivity contribution >= 4 is 12.0 Å². The molecule has 1 aromatic carbocycles. The molecule has 2 aliphatic rings. The normalized spacial score (nSPS) is 18.1. The van der Waals surface area contributed by atoms with Crippen molar-refractivity contribution in [2.45, 2.75) is 70.4 Å². The topological polar surface area (TPSA) is 88.1 Å². The smallest absolute Gasteiger partial charge is 0.410 e. The Labute approximate surface area is 178 Å². The maximum Gasteiger partial charge on any atom is 0.410 e. The van der Waals surface area contributed by atoms with Crippen LogP contribution in [0.3, 0.4) is 0 Å². The third-order valence-electron chi connectivity index (χ3n) is 6.21. The number of piperidine rings is 1. The number of methoxy groups -OCH3 is 1. The molecule has 0 unspecified atom stereocenters. The molecule has 1 saturated heterocycles. The van der Waals surface area contributed by atoms with Crippen LogP contribution in [0.1, 0.15) is 63.4 Å². The maximum atomic E-state index is 12.3. The van der Waals surface area contributed by atoms with E-state index in [4.69, 9.17) is 9.47 Å². The average molecular weight is 419 g/mol. The van der Waals surface area contributed by atoms with Gasteiger partial charge in [0.1, 0.15) is 6.10 Å². The number of phenols is 1. The number of ether oxygens (including phenoxy) is 2. The van der Waals surface area contributed by atoms with Gasteiger partial charge in [-0.2, -0.15) is 0 Å². The summed E-state index contributed by atoms with van der Waals surface area (Å²) in [6.07, 6.45) is 8.62. The molecule has 0 aromatic heterocycles. The highest BCUT2D eigenvalue weighted by Crippen LogP contribution is 2.27. The van der Waals surface area contributed by atoms with Crippen molar-refractivity contribution in [1.29, 1.82) is 0 Å². The van der Waals surface area contributed by atoms with Gasteiger partial charge in [0.15, 0.2) is 11.5 Å². The third-order valence-corrected chi connectivity index (χ3v) is 6.21. The number of nitrogens with zero attached hydrogens (tertiary/aromatic N) is 1. The Morgan fingerprint density at radius 3 is 2.57 bits per heavy atom. The highest BCUT2D eigenvalue weighted by Gasteiger charge is 2.26. The first-order valence-electron chi connectivity index (χ1n) is 11.1. The Bertz CT molecular complexity index is 710. The van der Waals surface area contributed by atoms with Crippen molar-refractivity contribution < 1.29 is 24.2 Å². The van der Waals surface area contributed by atoms with Gasteiger partial charge in [0, 0.05) is 26.1 Å². The number of amides is 2. The predicted octanol–water partition coefficient (Wildman–Crippen LogP) is 3.98.